The molecular weight excluding hydrogens is 316 g/mol. The highest BCUT2D eigenvalue weighted by Gasteiger charge is 2.40. The molecule has 20 heavy (non-hydrogen) atoms. The highest BCUT2D eigenvalue weighted by molar-refractivity contribution is 9.10. The van der Waals surface area contributed by atoms with Gasteiger partial charge in [-0.3, -0.25) is 4.79 Å². The number of hydrogen-bond donors (Lipinski definition) is 2. The first-order chi connectivity index (χ1) is 9.52. The van der Waals surface area contributed by atoms with E-state index in [9.17, 15) is 4.79 Å². The van der Waals surface area contributed by atoms with E-state index in [1.807, 2.05) is 19.1 Å². The number of rotatable bonds is 3. The monoisotopic (exact) mass is 336 g/mol. The molecule has 1 aromatic carbocycles. The average molecular weight is 337 g/mol. The van der Waals surface area contributed by atoms with Crippen LogP contribution in [0.25, 0.3) is 0 Å². The first-order valence-electron chi connectivity index (χ1n) is 7.38. The molecule has 4 heteroatoms. The molecule has 108 valence electrons. The Bertz CT molecular complexity index is 520. The number of benzene rings is 1. The van der Waals surface area contributed by atoms with Crippen LogP contribution in [0.2, 0.25) is 0 Å². The lowest BCUT2D eigenvalue weighted by molar-refractivity contribution is -0.117. The van der Waals surface area contributed by atoms with Crippen LogP contribution in [0.15, 0.2) is 16.6 Å². The van der Waals surface area contributed by atoms with Gasteiger partial charge in [-0.2, -0.15) is 0 Å². The second-order valence-electron chi connectivity index (χ2n) is 6.37. The van der Waals surface area contributed by atoms with E-state index < -0.39 is 0 Å². The van der Waals surface area contributed by atoms with Crippen LogP contribution in [-0.2, 0) is 4.79 Å². The Morgan fingerprint density at radius 2 is 2.20 bits per heavy atom. The molecule has 0 saturated heterocycles. The highest BCUT2D eigenvalue weighted by Crippen LogP contribution is 2.49. The molecule has 0 spiro atoms. The first-order valence-corrected chi connectivity index (χ1v) is 8.17. The smallest absolute Gasteiger partial charge is 0.224 e. The molecule has 3 unspecified atom stereocenters. The van der Waals surface area contributed by atoms with Gasteiger partial charge in [0.15, 0.2) is 0 Å². The highest BCUT2D eigenvalue weighted by atomic mass is 79.9. The summed E-state index contributed by atoms with van der Waals surface area (Å²) in [7, 11) is 0. The maximum atomic E-state index is 12.3. The van der Waals surface area contributed by atoms with Crippen molar-refractivity contribution in [2.75, 3.05) is 11.1 Å². The Kier molecular flexibility index (Phi) is 3.76. The number of carbonyl (C=O) groups is 1. The van der Waals surface area contributed by atoms with Crippen LogP contribution in [0.5, 0.6) is 0 Å². The molecule has 0 aliphatic heterocycles. The summed E-state index contributed by atoms with van der Waals surface area (Å²) < 4.78 is 0.943. The maximum Gasteiger partial charge on any atom is 0.224 e. The molecular formula is C16H21BrN2O. The Hall–Kier alpha value is -1.03. The van der Waals surface area contributed by atoms with Crippen LogP contribution in [0.4, 0.5) is 11.4 Å². The third-order valence-electron chi connectivity index (χ3n) is 4.93. The number of aryl methyl sites for hydroxylation is 1. The largest absolute Gasteiger partial charge is 0.397 e. The normalized spacial score (nSPS) is 27.8. The van der Waals surface area contributed by atoms with Crippen molar-refractivity contribution in [2.24, 2.45) is 17.8 Å². The van der Waals surface area contributed by atoms with Crippen molar-refractivity contribution in [3.8, 4) is 0 Å². The van der Waals surface area contributed by atoms with Gasteiger partial charge < -0.3 is 11.1 Å². The standard InChI is InChI=1S/C16H21BrN2O/c1-9-4-13(17)8-14(18)16(9)19-15(20)7-12-6-10-2-3-11(12)5-10/h4,8,10-12H,2-3,5-7,18H2,1H3,(H,19,20). The summed E-state index contributed by atoms with van der Waals surface area (Å²) in [5, 5.41) is 3.01. The van der Waals surface area contributed by atoms with Crippen LogP contribution >= 0.6 is 15.9 Å². The fourth-order valence-corrected chi connectivity index (χ4v) is 4.58. The minimum Gasteiger partial charge on any atom is -0.397 e. The second kappa shape index (κ2) is 5.40. The van der Waals surface area contributed by atoms with Crippen molar-refractivity contribution in [3.63, 3.8) is 0 Å². The predicted molar refractivity (Wildman–Crippen MR) is 85.5 cm³/mol. The summed E-state index contributed by atoms with van der Waals surface area (Å²) >= 11 is 3.41. The minimum atomic E-state index is 0.111. The number of hydrogen-bond acceptors (Lipinski definition) is 2. The molecule has 2 fully saturated rings. The molecule has 3 nitrogen and oxygen atoms in total. The fraction of sp³-hybridized carbons (Fsp3) is 0.562. The number of amides is 1. The average Bonchev–Trinajstić information content (AvgIpc) is 2.95. The summed E-state index contributed by atoms with van der Waals surface area (Å²) in [5.74, 6) is 2.37. The number of fused-ring (bicyclic) bond motifs is 2. The lowest BCUT2D eigenvalue weighted by Gasteiger charge is -2.21. The van der Waals surface area contributed by atoms with Gasteiger partial charge in [0.2, 0.25) is 5.91 Å². The minimum absolute atomic E-state index is 0.111. The third-order valence-corrected chi connectivity index (χ3v) is 5.39. The van der Waals surface area contributed by atoms with E-state index in [0.29, 0.717) is 18.0 Å². The first kappa shape index (κ1) is 13.9. The molecule has 2 bridgehead atoms. The number of halogens is 1. The van der Waals surface area contributed by atoms with Crippen LogP contribution in [-0.4, -0.2) is 5.91 Å². The van der Waals surface area contributed by atoms with Crippen molar-refractivity contribution in [1.29, 1.82) is 0 Å². The van der Waals surface area contributed by atoms with E-state index in [4.69, 9.17) is 5.73 Å². The molecule has 0 heterocycles. The number of nitrogens with one attached hydrogen (secondary N) is 1. The van der Waals surface area contributed by atoms with Crippen molar-refractivity contribution in [3.05, 3.63) is 22.2 Å². The van der Waals surface area contributed by atoms with Crippen molar-refractivity contribution < 1.29 is 4.79 Å². The van der Waals surface area contributed by atoms with Crippen molar-refractivity contribution >= 4 is 33.2 Å². The lowest BCUT2D eigenvalue weighted by atomic mass is 9.86. The Balaban J connectivity index is 1.65. The molecule has 1 aromatic rings. The molecule has 2 aliphatic rings. The lowest BCUT2D eigenvalue weighted by Crippen LogP contribution is -2.21. The van der Waals surface area contributed by atoms with Gasteiger partial charge in [-0.15, -0.1) is 0 Å². The van der Waals surface area contributed by atoms with Gasteiger partial charge in [-0.05, 0) is 61.6 Å². The molecule has 2 saturated carbocycles. The van der Waals surface area contributed by atoms with Crippen molar-refractivity contribution in [1.82, 2.24) is 0 Å². The zero-order valence-corrected chi connectivity index (χ0v) is 13.4. The zero-order valence-electron chi connectivity index (χ0n) is 11.8. The Morgan fingerprint density at radius 3 is 2.80 bits per heavy atom. The van der Waals surface area contributed by atoms with Gasteiger partial charge >= 0.3 is 0 Å². The zero-order chi connectivity index (χ0) is 14.3. The summed E-state index contributed by atoms with van der Waals surface area (Å²) in [5.41, 5.74) is 8.38. The quantitative estimate of drug-likeness (QED) is 0.816. The number of carbonyl (C=O) groups excluding carboxylic acids is 1. The van der Waals surface area contributed by atoms with E-state index in [1.54, 1.807) is 0 Å². The molecule has 0 aromatic heterocycles. The van der Waals surface area contributed by atoms with E-state index >= 15 is 0 Å². The van der Waals surface area contributed by atoms with Gasteiger partial charge in [-0.1, -0.05) is 22.4 Å². The van der Waals surface area contributed by atoms with Gasteiger partial charge in [0.1, 0.15) is 0 Å². The third kappa shape index (κ3) is 2.71. The summed E-state index contributed by atoms with van der Waals surface area (Å²) in [6.07, 6.45) is 5.93. The molecule has 3 rings (SSSR count). The van der Waals surface area contributed by atoms with Gasteiger partial charge in [0.05, 0.1) is 11.4 Å². The Labute approximate surface area is 128 Å². The van der Waals surface area contributed by atoms with Crippen LogP contribution in [0.3, 0.4) is 0 Å². The molecule has 3 atom stereocenters. The SMILES string of the molecule is Cc1cc(Br)cc(N)c1NC(=O)CC1CC2CCC1C2. The second-order valence-corrected chi connectivity index (χ2v) is 7.29. The number of nitrogen functional groups attached to an aromatic ring is 1. The Morgan fingerprint density at radius 1 is 1.40 bits per heavy atom. The van der Waals surface area contributed by atoms with Crippen molar-refractivity contribution in [2.45, 2.75) is 39.0 Å². The van der Waals surface area contributed by atoms with E-state index in [-0.39, 0.29) is 5.91 Å². The van der Waals surface area contributed by atoms with Gasteiger partial charge in [0, 0.05) is 10.9 Å². The fourth-order valence-electron chi connectivity index (χ4n) is 3.99. The van der Waals surface area contributed by atoms with Gasteiger partial charge in [0.25, 0.3) is 0 Å². The van der Waals surface area contributed by atoms with Crippen LogP contribution < -0.4 is 11.1 Å². The number of anilines is 2. The maximum absolute atomic E-state index is 12.3. The summed E-state index contributed by atoms with van der Waals surface area (Å²) in [6, 6.07) is 3.81. The van der Waals surface area contributed by atoms with Crippen LogP contribution in [0.1, 0.15) is 37.7 Å². The summed E-state index contributed by atoms with van der Waals surface area (Å²) in [4.78, 5) is 12.3. The molecule has 0 radical (unpaired) electrons. The number of nitrogens with two attached hydrogens (primary N) is 1. The molecule has 1 amide bonds. The predicted octanol–water partition coefficient (Wildman–Crippen LogP) is 4.10. The van der Waals surface area contributed by atoms with E-state index in [1.165, 1.54) is 25.7 Å². The van der Waals surface area contributed by atoms with Crippen LogP contribution in [0, 0.1) is 24.7 Å². The topological polar surface area (TPSA) is 55.1 Å². The molecule has 2 aliphatic carbocycles. The molecule has 3 N–H and O–H groups in total. The summed E-state index contributed by atoms with van der Waals surface area (Å²) in [6.45, 7) is 1.97. The van der Waals surface area contributed by atoms with Gasteiger partial charge in [-0.25, -0.2) is 0 Å². The van der Waals surface area contributed by atoms with E-state index in [0.717, 1.165) is 27.6 Å². The van der Waals surface area contributed by atoms with E-state index in [2.05, 4.69) is 21.2 Å².